The summed E-state index contributed by atoms with van der Waals surface area (Å²) in [7, 11) is 0. The van der Waals surface area contributed by atoms with E-state index in [0.717, 1.165) is 23.3 Å². The van der Waals surface area contributed by atoms with E-state index >= 15 is 0 Å². The molecule has 194 valence electrons. The number of thiophene rings is 1. The Kier molecular flexibility index (Phi) is 6.55. The van der Waals surface area contributed by atoms with E-state index in [0.29, 0.717) is 62.2 Å². The number of aliphatic hydroxyl groups is 3. The Morgan fingerprint density at radius 2 is 2.09 bits per heavy atom. The Bertz CT molecular complexity index is 1070. The van der Waals surface area contributed by atoms with Gasteiger partial charge in [-0.1, -0.05) is 0 Å². The molecule has 0 radical (unpaired) electrons. The van der Waals surface area contributed by atoms with Crippen LogP contribution < -0.4 is 0 Å². The van der Waals surface area contributed by atoms with E-state index in [2.05, 4.69) is 16.9 Å². The van der Waals surface area contributed by atoms with Gasteiger partial charge in [-0.2, -0.15) is 18.3 Å². The summed E-state index contributed by atoms with van der Waals surface area (Å²) in [6.45, 7) is 3.31. The Morgan fingerprint density at radius 1 is 1.31 bits per heavy atom. The maximum atomic E-state index is 13.6. The van der Waals surface area contributed by atoms with Gasteiger partial charge in [-0.15, -0.1) is 11.3 Å². The summed E-state index contributed by atoms with van der Waals surface area (Å²) in [6, 6.07) is 0.0633. The summed E-state index contributed by atoms with van der Waals surface area (Å²) < 4.78 is 48.8. The molecule has 2 fully saturated rings. The summed E-state index contributed by atoms with van der Waals surface area (Å²) in [5.74, 6) is 0. The number of aromatic nitrogens is 2. The molecule has 1 saturated carbocycles. The fourth-order valence-electron chi connectivity index (χ4n) is 5.81. The third-order valence-electron chi connectivity index (χ3n) is 8.00. The molecular weight excluding hydrogens is 483 g/mol. The summed E-state index contributed by atoms with van der Waals surface area (Å²) >= 11 is 0.738. The zero-order valence-corrected chi connectivity index (χ0v) is 20.5. The van der Waals surface area contributed by atoms with Gasteiger partial charge in [-0.05, 0) is 51.0 Å². The number of rotatable bonds is 6. The number of piperidine rings is 1. The predicted octanol–water partition coefficient (Wildman–Crippen LogP) is 3.18. The lowest BCUT2D eigenvalue weighted by atomic mass is 9.76. The van der Waals surface area contributed by atoms with Gasteiger partial charge in [0.25, 0.3) is 0 Å². The number of ether oxygens (including phenoxy) is 1. The van der Waals surface area contributed by atoms with Gasteiger partial charge in [0.15, 0.2) is 0 Å². The van der Waals surface area contributed by atoms with Gasteiger partial charge in [0.1, 0.15) is 16.6 Å². The van der Waals surface area contributed by atoms with Crippen LogP contribution >= 0.6 is 11.3 Å². The average Bonchev–Trinajstić information content (AvgIpc) is 3.39. The van der Waals surface area contributed by atoms with Crippen LogP contribution in [0.5, 0.6) is 0 Å². The molecule has 4 heterocycles. The molecule has 0 bridgehead atoms. The lowest BCUT2D eigenvalue weighted by Gasteiger charge is -2.47. The highest BCUT2D eigenvalue weighted by atomic mass is 32.1. The van der Waals surface area contributed by atoms with E-state index < -0.39 is 35.0 Å². The summed E-state index contributed by atoms with van der Waals surface area (Å²) in [6.07, 6.45) is 1.95. The molecule has 3 atom stereocenters. The molecule has 3 aliphatic rings. The first kappa shape index (κ1) is 25.2. The minimum absolute atomic E-state index is 0.0106. The van der Waals surface area contributed by atoms with Crippen molar-refractivity contribution >= 4 is 11.3 Å². The van der Waals surface area contributed by atoms with Crippen LogP contribution in [-0.4, -0.2) is 60.9 Å². The molecular formula is C24H32F3N3O4S. The SMILES string of the molecule is C[C@H]1C[C@@]2(CCN1Cc1cnn(CC(O)C3(O)CCC3)c1)OCCc1c2sc(C(F)(F)F)c1CO. The van der Waals surface area contributed by atoms with Gasteiger partial charge in [-0.25, -0.2) is 0 Å². The molecule has 11 heteroatoms. The standard InChI is InChI=1S/C24H32F3N3O4S/c1-15-9-23(20-17(3-8-34-23)18(14-31)21(35-20)24(25,26)27)6-7-29(15)11-16-10-28-30(12-16)13-19(32)22(33)4-2-5-22/h10,12,15,19,31-33H,2-9,11,13-14H2,1H3/t15-,19?,23+/m0/s1. The second-order valence-corrected chi connectivity index (χ2v) is 11.3. The molecule has 1 saturated heterocycles. The third-order valence-corrected chi connectivity index (χ3v) is 9.50. The first-order valence-corrected chi connectivity index (χ1v) is 13.0. The topological polar surface area (TPSA) is 91.0 Å². The molecule has 2 aliphatic heterocycles. The third kappa shape index (κ3) is 4.55. The summed E-state index contributed by atoms with van der Waals surface area (Å²) in [5.41, 5.74) is -0.164. The van der Waals surface area contributed by atoms with Crippen LogP contribution in [-0.2, 0) is 42.6 Å². The predicted molar refractivity (Wildman–Crippen MR) is 123 cm³/mol. The van der Waals surface area contributed by atoms with Crippen LogP contribution in [0, 0.1) is 0 Å². The number of hydrogen-bond acceptors (Lipinski definition) is 7. The minimum atomic E-state index is -4.49. The molecule has 35 heavy (non-hydrogen) atoms. The van der Waals surface area contributed by atoms with Crippen LogP contribution in [0.2, 0.25) is 0 Å². The van der Waals surface area contributed by atoms with Crippen molar-refractivity contribution in [1.82, 2.24) is 14.7 Å². The maximum absolute atomic E-state index is 13.6. The smallest absolute Gasteiger partial charge is 0.392 e. The Morgan fingerprint density at radius 3 is 2.71 bits per heavy atom. The molecule has 2 aromatic rings. The van der Waals surface area contributed by atoms with E-state index in [9.17, 15) is 28.5 Å². The van der Waals surface area contributed by atoms with Crippen LogP contribution in [0.1, 0.15) is 65.5 Å². The fourth-order valence-corrected chi connectivity index (χ4v) is 7.22. The number of nitrogens with zero attached hydrogens (tertiary/aromatic N) is 3. The maximum Gasteiger partial charge on any atom is 0.425 e. The minimum Gasteiger partial charge on any atom is -0.392 e. The molecule has 1 spiro atoms. The van der Waals surface area contributed by atoms with Crippen molar-refractivity contribution in [3.63, 3.8) is 0 Å². The first-order valence-electron chi connectivity index (χ1n) is 12.2. The zero-order valence-electron chi connectivity index (χ0n) is 19.7. The van der Waals surface area contributed by atoms with Crippen LogP contribution in [0.3, 0.4) is 0 Å². The normalized spacial score (nSPS) is 27.6. The van der Waals surface area contributed by atoms with Gasteiger partial charge >= 0.3 is 6.18 Å². The number of halogens is 3. The molecule has 0 amide bonds. The highest BCUT2D eigenvalue weighted by Crippen LogP contribution is 2.51. The number of hydrogen-bond donors (Lipinski definition) is 3. The van der Waals surface area contributed by atoms with Gasteiger partial charge in [0.2, 0.25) is 0 Å². The highest BCUT2D eigenvalue weighted by molar-refractivity contribution is 7.12. The highest BCUT2D eigenvalue weighted by Gasteiger charge is 2.48. The number of alkyl halides is 3. The van der Waals surface area contributed by atoms with Crippen molar-refractivity contribution in [2.45, 2.75) is 94.7 Å². The van der Waals surface area contributed by atoms with E-state index in [-0.39, 0.29) is 18.2 Å². The van der Waals surface area contributed by atoms with Crippen molar-refractivity contribution in [3.05, 3.63) is 38.8 Å². The van der Waals surface area contributed by atoms with E-state index in [1.807, 2.05) is 6.20 Å². The van der Waals surface area contributed by atoms with Gasteiger partial charge in [0.05, 0.1) is 31.6 Å². The molecule has 1 unspecified atom stereocenters. The zero-order chi connectivity index (χ0) is 25.0. The Hall–Kier alpha value is -1.50. The lowest BCUT2D eigenvalue weighted by Crippen LogP contribution is -2.50. The van der Waals surface area contributed by atoms with Crippen LogP contribution in [0.4, 0.5) is 13.2 Å². The lowest BCUT2D eigenvalue weighted by molar-refractivity contribution is -0.135. The molecule has 5 rings (SSSR count). The first-order chi connectivity index (χ1) is 16.5. The van der Waals surface area contributed by atoms with E-state index in [4.69, 9.17) is 4.74 Å². The quantitative estimate of drug-likeness (QED) is 0.548. The number of aliphatic hydroxyl groups excluding tert-OH is 2. The van der Waals surface area contributed by atoms with Crippen LogP contribution in [0.25, 0.3) is 0 Å². The van der Waals surface area contributed by atoms with Crippen molar-refractivity contribution < 1.29 is 33.2 Å². The second kappa shape index (κ2) is 9.11. The van der Waals surface area contributed by atoms with Crippen molar-refractivity contribution in [1.29, 1.82) is 0 Å². The number of fused-ring (bicyclic) bond motifs is 2. The van der Waals surface area contributed by atoms with Crippen molar-refractivity contribution in [2.24, 2.45) is 0 Å². The molecule has 1 aliphatic carbocycles. The van der Waals surface area contributed by atoms with Crippen molar-refractivity contribution in [2.75, 3.05) is 13.2 Å². The largest absolute Gasteiger partial charge is 0.425 e. The average molecular weight is 516 g/mol. The molecule has 0 aromatic carbocycles. The van der Waals surface area contributed by atoms with Crippen LogP contribution in [0.15, 0.2) is 12.4 Å². The van der Waals surface area contributed by atoms with Crippen molar-refractivity contribution in [3.8, 4) is 0 Å². The van der Waals surface area contributed by atoms with Gasteiger partial charge < -0.3 is 20.1 Å². The Labute approximate surface area is 206 Å². The number of likely N-dealkylation sites (tertiary alicyclic amines) is 1. The molecule has 3 N–H and O–H groups in total. The summed E-state index contributed by atoms with van der Waals surface area (Å²) in [5, 5.41) is 34.7. The van der Waals surface area contributed by atoms with Gasteiger partial charge in [0, 0.05) is 41.3 Å². The second-order valence-electron chi connectivity index (χ2n) is 10.3. The fraction of sp³-hybridized carbons (Fsp3) is 0.708. The summed E-state index contributed by atoms with van der Waals surface area (Å²) in [4.78, 5) is 2.19. The monoisotopic (exact) mass is 515 g/mol. The van der Waals surface area contributed by atoms with E-state index in [1.54, 1.807) is 10.9 Å². The molecule has 2 aromatic heterocycles. The Balaban J connectivity index is 1.28. The molecule has 7 nitrogen and oxygen atoms in total. The van der Waals surface area contributed by atoms with E-state index in [1.165, 1.54) is 0 Å². The van der Waals surface area contributed by atoms with Gasteiger partial charge in [-0.3, -0.25) is 9.58 Å².